The lowest BCUT2D eigenvalue weighted by atomic mass is 9.70. The van der Waals surface area contributed by atoms with Gasteiger partial charge in [-0.05, 0) is 69.0 Å². The van der Waals surface area contributed by atoms with Crippen molar-refractivity contribution in [2.75, 3.05) is 42.6 Å². The molecular weight excluding hydrogens is 654 g/mol. The molecule has 1 N–H and O–H groups in total. The lowest BCUT2D eigenvalue weighted by Gasteiger charge is -2.39. The lowest BCUT2D eigenvalue weighted by molar-refractivity contribution is -0.139. The minimum absolute atomic E-state index is 0.0624. The largest absolute Gasteiger partial charge is 0.494 e. The number of carbonyl (C=O) groups is 3. The Bertz CT molecular complexity index is 1450. The van der Waals surface area contributed by atoms with Crippen LogP contribution in [0, 0.1) is 25.7 Å². The highest BCUT2D eigenvalue weighted by Crippen LogP contribution is 2.68. The molecule has 6 atom stereocenters. The second kappa shape index (κ2) is 13.7. The van der Waals surface area contributed by atoms with E-state index in [0.29, 0.717) is 30.9 Å². The highest BCUT2D eigenvalue weighted by molar-refractivity contribution is 9.09. The predicted molar refractivity (Wildman–Crippen MR) is 184 cm³/mol. The van der Waals surface area contributed by atoms with Gasteiger partial charge in [0, 0.05) is 47.7 Å². The summed E-state index contributed by atoms with van der Waals surface area (Å²) in [6, 6.07) is 12.5. The van der Waals surface area contributed by atoms with E-state index in [1.54, 1.807) is 38.6 Å². The van der Waals surface area contributed by atoms with Crippen molar-refractivity contribution >= 4 is 56.8 Å². The van der Waals surface area contributed by atoms with E-state index >= 15 is 0 Å². The Labute approximate surface area is 278 Å². The number of thioether (sulfide) groups is 1. The van der Waals surface area contributed by atoms with Gasteiger partial charge in [0.05, 0.1) is 23.2 Å². The van der Waals surface area contributed by atoms with Gasteiger partial charge in [-0.15, -0.1) is 24.9 Å². The van der Waals surface area contributed by atoms with Crippen LogP contribution < -0.4 is 14.5 Å². The molecule has 3 saturated heterocycles. The van der Waals surface area contributed by atoms with E-state index in [1.807, 2.05) is 63.2 Å². The van der Waals surface area contributed by atoms with E-state index in [9.17, 15) is 19.5 Å². The summed E-state index contributed by atoms with van der Waals surface area (Å²) in [5, 5.41) is 9.58. The number of rotatable bonds is 13. The van der Waals surface area contributed by atoms with E-state index < -0.39 is 22.6 Å². The van der Waals surface area contributed by atoms with Crippen molar-refractivity contribution in [3.05, 3.63) is 78.9 Å². The molecule has 2 aromatic rings. The minimum atomic E-state index is -0.808. The Morgan fingerprint density at radius 2 is 1.73 bits per heavy atom. The van der Waals surface area contributed by atoms with E-state index in [0.717, 1.165) is 16.8 Å². The number of amides is 3. The summed E-state index contributed by atoms with van der Waals surface area (Å²) in [6.07, 6.45) is 4.30. The number of para-hydroxylation sites is 1. The number of hydrogen-bond acceptors (Lipinski definition) is 6. The van der Waals surface area contributed by atoms with Crippen molar-refractivity contribution in [2.24, 2.45) is 11.8 Å². The lowest BCUT2D eigenvalue weighted by Crippen LogP contribution is -2.56. The fourth-order valence-corrected chi connectivity index (χ4v) is 11.1. The highest BCUT2D eigenvalue weighted by atomic mass is 79.9. The highest BCUT2D eigenvalue weighted by Gasteiger charge is 2.76. The van der Waals surface area contributed by atoms with Crippen LogP contribution in [0.2, 0.25) is 0 Å². The zero-order valence-electron chi connectivity index (χ0n) is 26.2. The van der Waals surface area contributed by atoms with Crippen LogP contribution in [0.1, 0.15) is 30.9 Å². The van der Waals surface area contributed by atoms with Crippen molar-refractivity contribution in [3.8, 4) is 5.75 Å². The Morgan fingerprint density at radius 1 is 1.09 bits per heavy atom. The topological polar surface area (TPSA) is 90.4 Å². The van der Waals surface area contributed by atoms with Gasteiger partial charge >= 0.3 is 0 Å². The summed E-state index contributed by atoms with van der Waals surface area (Å²) in [7, 11) is 0. The number of aryl methyl sites for hydroxylation is 2. The molecule has 1 spiro atoms. The number of nitrogens with zero attached hydrogens (tertiary/aromatic N) is 3. The van der Waals surface area contributed by atoms with Crippen LogP contribution in [-0.4, -0.2) is 81.4 Å². The average molecular weight is 697 g/mol. The summed E-state index contributed by atoms with van der Waals surface area (Å²) >= 11 is 5.48. The first-order valence-corrected chi connectivity index (χ1v) is 17.3. The fourth-order valence-electron chi connectivity index (χ4n) is 7.49. The van der Waals surface area contributed by atoms with Gasteiger partial charge in [-0.3, -0.25) is 14.4 Å². The molecule has 3 heterocycles. The molecule has 2 bridgehead atoms. The summed E-state index contributed by atoms with van der Waals surface area (Å²) < 4.78 is 4.80. The van der Waals surface area contributed by atoms with Crippen LogP contribution >= 0.6 is 27.7 Å². The Balaban J connectivity index is 1.57. The number of fused-ring (bicyclic) bond motifs is 1. The monoisotopic (exact) mass is 695 g/mol. The Kier molecular flexibility index (Phi) is 10.2. The fraction of sp³-hybridized carbons (Fsp3) is 0.457. The maximum atomic E-state index is 14.9. The van der Waals surface area contributed by atoms with Crippen LogP contribution in [0.3, 0.4) is 0 Å². The SMILES string of the molecule is C=CCN(C(=O)[C@H]1[C@@H]2SC3(CC2Br)C(C(=O)N(CC=C)c2c(C)cccc2C)N(CCCO)C(=O)[C@H]13)c1ccc(OCC)cc1. The number of anilines is 2. The number of aliphatic hydroxyl groups excluding tert-OH is 1. The van der Waals surface area contributed by atoms with Crippen LogP contribution in [0.15, 0.2) is 67.8 Å². The molecule has 0 aliphatic carbocycles. The number of hydrogen-bond donors (Lipinski definition) is 1. The first-order valence-electron chi connectivity index (χ1n) is 15.5. The summed E-state index contributed by atoms with van der Waals surface area (Å²) in [5.41, 5.74) is 3.41. The molecule has 10 heteroatoms. The molecule has 240 valence electrons. The summed E-state index contributed by atoms with van der Waals surface area (Å²) in [6.45, 7) is 14.9. The van der Waals surface area contributed by atoms with E-state index in [1.165, 1.54) is 0 Å². The molecule has 2 aromatic carbocycles. The van der Waals surface area contributed by atoms with Crippen molar-refractivity contribution in [1.29, 1.82) is 0 Å². The van der Waals surface area contributed by atoms with E-state index in [2.05, 4.69) is 29.1 Å². The van der Waals surface area contributed by atoms with Crippen molar-refractivity contribution in [1.82, 2.24) is 4.90 Å². The van der Waals surface area contributed by atoms with Crippen LogP contribution in [-0.2, 0) is 14.4 Å². The molecule has 3 aliphatic heterocycles. The normalized spacial score (nSPS) is 26.5. The summed E-state index contributed by atoms with van der Waals surface area (Å²) in [5.74, 6) is -1.15. The van der Waals surface area contributed by atoms with Gasteiger partial charge < -0.3 is 24.5 Å². The third-order valence-corrected chi connectivity index (χ3v) is 12.4. The molecule has 5 rings (SSSR count). The quantitative estimate of drug-likeness (QED) is 0.226. The molecule has 3 aliphatic rings. The molecule has 0 aromatic heterocycles. The maximum Gasteiger partial charge on any atom is 0.251 e. The van der Waals surface area contributed by atoms with E-state index in [4.69, 9.17) is 4.74 Å². The van der Waals surface area contributed by atoms with Gasteiger partial charge in [-0.25, -0.2) is 0 Å². The molecule has 0 saturated carbocycles. The van der Waals surface area contributed by atoms with Crippen molar-refractivity contribution in [3.63, 3.8) is 0 Å². The number of alkyl halides is 1. The van der Waals surface area contributed by atoms with Gasteiger partial charge in [0.2, 0.25) is 11.8 Å². The van der Waals surface area contributed by atoms with Gasteiger partial charge in [0.25, 0.3) is 5.91 Å². The predicted octanol–water partition coefficient (Wildman–Crippen LogP) is 5.29. The number of halogens is 1. The second-order valence-electron chi connectivity index (χ2n) is 11.9. The van der Waals surface area contributed by atoms with Crippen LogP contribution in [0.5, 0.6) is 5.75 Å². The first-order chi connectivity index (χ1) is 21.6. The Morgan fingerprint density at radius 3 is 2.33 bits per heavy atom. The smallest absolute Gasteiger partial charge is 0.251 e. The van der Waals surface area contributed by atoms with Crippen molar-refractivity contribution < 1.29 is 24.2 Å². The molecule has 0 radical (unpaired) electrons. The minimum Gasteiger partial charge on any atom is -0.494 e. The molecule has 45 heavy (non-hydrogen) atoms. The maximum absolute atomic E-state index is 14.9. The van der Waals surface area contributed by atoms with E-state index in [-0.39, 0.29) is 54.0 Å². The van der Waals surface area contributed by atoms with Crippen molar-refractivity contribution in [2.45, 2.75) is 54.5 Å². The number of ether oxygens (including phenoxy) is 1. The Hall–Kier alpha value is -3.08. The molecular formula is C35H42BrN3O5S. The zero-order valence-corrected chi connectivity index (χ0v) is 28.6. The molecule has 3 unspecified atom stereocenters. The number of aliphatic hydroxyl groups is 1. The van der Waals surface area contributed by atoms with Gasteiger partial charge in [-0.1, -0.05) is 46.3 Å². The van der Waals surface area contributed by atoms with Gasteiger partial charge in [-0.2, -0.15) is 0 Å². The molecule has 3 fully saturated rings. The number of likely N-dealkylation sites (tertiary alicyclic amines) is 1. The van der Waals surface area contributed by atoms with Crippen LogP contribution in [0.25, 0.3) is 0 Å². The molecule has 3 amide bonds. The third-order valence-electron chi connectivity index (χ3n) is 9.19. The average Bonchev–Trinajstić information content (AvgIpc) is 3.61. The van der Waals surface area contributed by atoms with Crippen LogP contribution in [0.4, 0.5) is 11.4 Å². The van der Waals surface area contributed by atoms with Gasteiger partial charge in [0.15, 0.2) is 0 Å². The first kappa shape index (κ1) is 33.3. The third kappa shape index (κ3) is 5.74. The summed E-state index contributed by atoms with van der Waals surface area (Å²) in [4.78, 5) is 49.0. The number of benzene rings is 2. The number of carbonyl (C=O) groups excluding carboxylic acids is 3. The second-order valence-corrected chi connectivity index (χ2v) is 14.6. The molecule has 8 nitrogen and oxygen atoms in total. The zero-order chi connectivity index (χ0) is 32.5. The standard InChI is InChI=1S/C35H42BrN3O5S/c1-6-17-37(24-13-15-25(16-14-24)44-8-3)32(41)27-28-33(42)39(19-10-20-40)31(35(28)21-26(36)30(27)45-35)34(43)38(18-7-2)29-22(4)11-9-12-23(29)5/h6-7,9,11-16,26-28,30-31,40H,1-2,8,10,17-21H2,3-5H3/t26?,27-,28+,30-,31?,35?/m1/s1. The van der Waals surface area contributed by atoms with Gasteiger partial charge in [0.1, 0.15) is 11.8 Å².